The van der Waals surface area contributed by atoms with Crippen LogP contribution in [0.15, 0.2) is 54.6 Å². The topological polar surface area (TPSA) is 46.5 Å². The molecular weight excluding hydrogens is 300 g/mol. The minimum Gasteiger partial charge on any atom is -0.462 e. The lowest BCUT2D eigenvalue weighted by Crippen LogP contribution is -2.08. The standard InChI is InChI=1S/C21H24O3/c1-15(2)21(23)24-13-11-19-14-20(7-4-16(19)3)18-8-5-17(6-9-18)10-12-22/h4-9,14,22H,1,10-13H2,2-3H3. The van der Waals surface area contributed by atoms with Crippen LogP contribution in [-0.4, -0.2) is 24.3 Å². The summed E-state index contributed by atoms with van der Waals surface area (Å²) in [4.78, 5) is 11.5. The molecule has 3 heteroatoms. The fraction of sp³-hybridized carbons (Fsp3) is 0.286. The number of aliphatic hydroxyl groups excluding tert-OH is 1. The Balaban J connectivity index is 2.10. The van der Waals surface area contributed by atoms with Gasteiger partial charge in [0.1, 0.15) is 0 Å². The first kappa shape index (κ1) is 18.0. The molecule has 0 saturated carbocycles. The van der Waals surface area contributed by atoms with E-state index < -0.39 is 0 Å². The molecule has 3 nitrogen and oxygen atoms in total. The van der Waals surface area contributed by atoms with Crippen molar-refractivity contribution in [1.29, 1.82) is 0 Å². The molecule has 0 atom stereocenters. The van der Waals surface area contributed by atoms with Crippen LogP contribution in [0.5, 0.6) is 0 Å². The van der Waals surface area contributed by atoms with Gasteiger partial charge < -0.3 is 9.84 Å². The third-order valence-corrected chi connectivity index (χ3v) is 3.99. The molecular formula is C21H24O3. The van der Waals surface area contributed by atoms with E-state index >= 15 is 0 Å². The molecule has 0 fully saturated rings. The quantitative estimate of drug-likeness (QED) is 0.621. The van der Waals surface area contributed by atoms with Crippen LogP contribution < -0.4 is 0 Å². The Kier molecular flexibility index (Phi) is 6.33. The average molecular weight is 324 g/mol. The van der Waals surface area contributed by atoms with Crippen LogP contribution in [-0.2, 0) is 22.4 Å². The Morgan fingerprint density at radius 1 is 1.08 bits per heavy atom. The first-order valence-electron chi connectivity index (χ1n) is 8.13. The van der Waals surface area contributed by atoms with Gasteiger partial charge in [-0.15, -0.1) is 0 Å². The van der Waals surface area contributed by atoms with Gasteiger partial charge in [0.2, 0.25) is 0 Å². The van der Waals surface area contributed by atoms with Crippen molar-refractivity contribution in [1.82, 2.24) is 0 Å². The highest BCUT2D eigenvalue weighted by Gasteiger charge is 2.06. The number of aliphatic hydroxyl groups is 1. The van der Waals surface area contributed by atoms with Crippen LogP contribution in [0.3, 0.4) is 0 Å². The molecule has 0 spiro atoms. The summed E-state index contributed by atoms with van der Waals surface area (Å²) in [5, 5.41) is 8.99. The fourth-order valence-corrected chi connectivity index (χ4v) is 2.49. The van der Waals surface area contributed by atoms with Crippen molar-refractivity contribution in [2.24, 2.45) is 0 Å². The van der Waals surface area contributed by atoms with E-state index in [1.54, 1.807) is 6.92 Å². The molecule has 0 radical (unpaired) electrons. The number of rotatable bonds is 7. The maximum atomic E-state index is 11.5. The van der Waals surface area contributed by atoms with Crippen LogP contribution in [0, 0.1) is 6.92 Å². The Labute approximate surface area is 143 Å². The van der Waals surface area contributed by atoms with E-state index in [2.05, 4.69) is 43.8 Å². The summed E-state index contributed by atoms with van der Waals surface area (Å²) >= 11 is 0. The first-order valence-corrected chi connectivity index (χ1v) is 8.13. The van der Waals surface area contributed by atoms with Gasteiger partial charge >= 0.3 is 5.97 Å². The van der Waals surface area contributed by atoms with Gasteiger partial charge in [-0.3, -0.25) is 0 Å². The van der Waals surface area contributed by atoms with E-state index in [1.807, 2.05) is 12.1 Å². The molecule has 0 bridgehead atoms. The predicted octanol–water partition coefficient (Wildman–Crippen LogP) is 3.86. The van der Waals surface area contributed by atoms with Gasteiger partial charge in [-0.2, -0.15) is 0 Å². The van der Waals surface area contributed by atoms with Gasteiger partial charge in [-0.25, -0.2) is 4.79 Å². The smallest absolute Gasteiger partial charge is 0.333 e. The molecule has 2 aromatic rings. The SMILES string of the molecule is C=C(C)C(=O)OCCc1cc(-c2ccc(CCO)cc2)ccc1C. The molecule has 126 valence electrons. The largest absolute Gasteiger partial charge is 0.462 e. The van der Waals surface area contributed by atoms with Crippen LogP contribution in [0.4, 0.5) is 0 Å². The summed E-state index contributed by atoms with van der Waals surface area (Å²) in [5.41, 5.74) is 6.17. The highest BCUT2D eigenvalue weighted by molar-refractivity contribution is 5.86. The second kappa shape index (κ2) is 8.46. The maximum Gasteiger partial charge on any atom is 0.333 e. The highest BCUT2D eigenvalue weighted by Crippen LogP contribution is 2.23. The third kappa shape index (κ3) is 4.80. The number of esters is 1. The Morgan fingerprint density at radius 2 is 1.75 bits per heavy atom. The highest BCUT2D eigenvalue weighted by atomic mass is 16.5. The third-order valence-electron chi connectivity index (χ3n) is 3.99. The number of carbonyl (C=O) groups is 1. The monoisotopic (exact) mass is 324 g/mol. The molecule has 24 heavy (non-hydrogen) atoms. The van der Waals surface area contributed by atoms with Crippen LogP contribution in [0.1, 0.15) is 23.6 Å². The summed E-state index contributed by atoms with van der Waals surface area (Å²) in [5.74, 6) is -0.344. The zero-order valence-corrected chi connectivity index (χ0v) is 14.3. The number of hydrogen-bond acceptors (Lipinski definition) is 3. The maximum absolute atomic E-state index is 11.5. The van der Waals surface area contributed by atoms with Crippen LogP contribution in [0.25, 0.3) is 11.1 Å². The van der Waals surface area contributed by atoms with Gasteiger partial charge in [-0.1, -0.05) is 49.0 Å². The molecule has 1 N–H and O–H groups in total. The molecule has 2 rings (SSSR count). The summed E-state index contributed by atoms with van der Waals surface area (Å²) < 4.78 is 5.19. The molecule has 0 aliphatic rings. The first-order chi connectivity index (χ1) is 11.5. The van der Waals surface area contributed by atoms with Gasteiger partial charge in [-0.05, 0) is 48.1 Å². The van der Waals surface area contributed by atoms with Gasteiger partial charge in [0.05, 0.1) is 6.61 Å². The molecule has 0 aliphatic heterocycles. The molecule has 0 amide bonds. The predicted molar refractivity (Wildman–Crippen MR) is 96.9 cm³/mol. The molecule has 0 aromatic heterocycles. The lowest BCUT2D eigenvalue weighted by atomic mass is 9.97. The number of carbonyl (C=O) groups excluding carboxylic acids is 1. The van der Waals surface area contributed by atoms with Crippen LogP contribution >= 0.6 is 0 Å². The zero-order chi connectivity index (χ0) is 17.5. The number of benzene rings is 2. The second-order valence-electron chi connectivity index (χ2n) is 5.98. The minimum absolute atomic E-state index is 0.164. The van der Waals surface area contributed by atoms with E-state index in [0.29, 0.717) is 25.0 Å². The van der Waals surface area contributed by atoms with Gasteiger partial charge in [0, 0.05) is 18.6 Å². The number of aryl methyl sites for hydroxylation is 1. The van der Waals surface area contributed by atoms with Crippen molar-refractivity contribution in [3.8, 4) is 11.1 Å². The molecule has 2 aromatic carbocycles. The molecule has 0 heterocycles. The van der Waals surface area contributed by atoms with E-state index in [1.165, 1.54) is 11.1 Å². The summed E-state index contributed by atoms with van der Waals surface area (Å²) in [6, 6.07) is 14.6. The lowest BCUT2D eigenvalue weighted by molar-refractivity contribution is -0.138. The minimum atomic E-state index is -0.344. The average Bonchev–Trinajstić information content (AvgIpc) is 2.57. The summed E-state index contributed by atoms with van der Waals surface area (Å²) in [7, 11) is 0. The van der Waals surface area contributed by atoms with Crippen molar-refractivity contribution < 1.29 is 14.6 Å². The zero-order valence-electron chi connectivity index (χ0n) is 14.3. The van der Waals surface area contributed by atoms with E-state index in [-0.39, 0.29) is 12.6 Å². The summed E-state index contributed by atoms with van der Waals surface area (Å²) in [6.07, 6.45) is 1.36. The van der Waals surface area contributed by atoms with Crippen molar-refractivity contribution in [3.05, 3.63) is 71.3 Å². The van der Waals surface area contributed by atoms with Crippen molar-refractivity contribution in [2.45, 2.75) is 26.7 Å². The lowest BCUT2D eigenvalue weighted by Gasteiger charge is -2.10. The van der Waals surface area contributed by atoms with Crippen molar-refractivity contribution in [3.63, 3.8) is 0 Å². The summed E-state index contributed by atoms with van der Waals surface area (Å²) in [6.45, 7) is 7.81. The van der Waals surface area contributed by atoms with Crippen molar-refractivity contribution >= 4 is 5.97 Å². The fourth-order valence-electron chi connectivity index (χ4n) is 2.49. The van der Waals surface area contributed by atoms with E-state index in [4.69, 9.17) is 9.84 Å². The molecule has 0 saturated heterocycles. The Bertz CT molecular complexity index is 714. The van der Waals surface area contributed by atoms with Gasteiger partial charge in [0.25, 0.3) is 0 Å². The number of hydrogen-bond donors (Lipinski definition) is 1. The van der Waals surface area contributed by atoms with E-state index in [0.717, 1.165) is 16.7 Å². The second-order valence-corrected chi connectivity index (χ2v) is 5.98. The van der Waals surface area contributed by atoms with Gasteiger partial charge in [0.15, 0.2) is 0 Å². The van der Waals surface area contributed by atoms with Crippen molar-refractivity contribution in [2.75, 3.05) is 13.2 Å². The van der Waals surface area contributed by atoms with Crippen LogP contribution in [0.2, 0.25) is 0 Å². The molecule has 0 aliphatic carbocycles. The number of ether oxygens (including phenoxy) is 1. The molecule has 0 unspecified atom stereocenters. The normalized spacial score (nSPS) is 10.5. The van der Waals surface area contributed by atoms with E-state index in [9.17, 15) is 4.79 Å². The Hall–Kier alpha value is -2.39. The Morgan fingerprint density at radius 3 is 2.38 bits per heavy atom.